The number of hydrogen-bond acceptors (Lipinski definition) is 5. The Kier molecular flexibility index (Phi) is 6.97. The van der Waals surface area contributed by atoms with Crippen LogP contribution in [-0.4, -0.2) is 47.1 Å². The van der Waals surface area contributed by atoms with E-state index < -0.39 is 11.2 Å². The Balaban J connectivity index is 1.49. The summed E-state index contributed by atoms with van der Waals surface area (Å²) in [4.78, 5) is 42.5. The van der Waals surface area contributed by atoms with Crippen molar-refractivity contribution in [1.82, 2.24) is 15.2 Å². The van der Waals surface area contributed by atoms with E-state index >= 15 is 0 Å². The largest absolute Gasteiger partial charge is 0.444 e. The molecule has 162 valence electrons. The lowest BCUT2D eigenvalue weighted by atomic mass is 9.95. The minimum absolute atomic E-state index is 0.106. The zero-order valence-electron chi connectivity index (χ0n) is 17.7. The molecule has 1 saturated heterocycles. The van der Waals surface area contributed by atoms with Crippen LogP contribution < -0.4 is 10.9 Å². The zero-order chi connectivity index (χ0) is 21.7. The lowest BCUT2D eigenvalue weighted by molar-refractivity contribution is 0.0161. The molecule has 2 aromatic rings. The van der Waals surface area contributed by atoms with Crippen molar-refractivity contribution in [3.05, 3.63) is 45.6 Å². The van der Waals surface area contributed by atoms with Crippen LogP contribution in [0, 0.1) is 5.92 Å². The summed E-state index contributed by atoms with van der Waals surface area (Å²) in [6, 6.07) is 7.14. The summed E-state index contributed by atoms with van der Waals surface area (Å²) in [7, 11) is 0. The van der Waals surface area contributed by atoms with Gasteiger partial charge in [0.15, 0.2) is 0 Å². The molecule has 3 rings (SSSR count). The van der Waals surface area contributed by atoms with E-state index in [9.17, 15) is 14.4 Å². The van der Waals surface area contributed by atoms with Gasteiger partial charge in [-0.1, -0.05) is 6.07 Å². The molecule has 1 aliphatic heterocycles. The summed E-state index contributed by atoms with van der Waals surface area (Å²) in [5, 5.41) is 4.77. The molecule has 0 saturated carbocycles. The van der Waals surface area contributed by atoms with Gasteiger partial charge in [0.05, 0.1) is 10.6 Å². The minimum Gasteiger partial charge on any atom is -0.444 e. The van der Waals surface area contributed by atoms with E-state index in [1.807, 2.05) is 38.3 Å². The normalized spacial score (nSPS) is 16.9. The van der Waals surface area contributed by atoms with Crippen molar-refractivity contribution in [1.29, 1.82) is 0 Å². The first-order valence-electron chi connectivity index (χ1n) is 10.3. The second-order valence-electron chi connectivity index (χ2n) is 8.57. The smallest absolute Gasteiger partial charge is 0.410 e. The van der Waals surface area contributed by atoms with E-state index in [2.05, 4.69) is 10.3 Å². The summed E-state index contributed by atoms with van der Waals surface area (Å²) in [6.45, 7) is 7.35. The second kappa shape index (κ2) is 9.47. The maximum Gasteiger partial charge on any atom is 0.410 e. The van der Waals surface area contributed by atoms with E-state index in [4.69, 9.17) is 4.74 Å². The number of nitrogens with zero attached hydrogens (tertiary/aromatic N) is 1. The average Bonchev–Trinajstić information content (AvgIpc) is 3.21. The maximum absolute atomic E-state index is 12.4. The number of carbonyl (C=O) groups excluding carboxylic acids is 2. The quantitative estimate of drug-likeness (QED) is 0.752. The first-order valence-corrected chi connectivity index (χ1v) is 11.1. The molecule has 0 aromatic carbocycles. The van der Waals surface area contributed by atoms with E-state index in [1.54, 1.807) is 17.0 Å². The fraction of sp³-hybridized carbons (Fsp3) is 0.500. The molecule has 30 heavy (non-hydrogen) atoms. The monoisotopic (exact) mass is 431 g/mol. The van der Waals surface area contributed by atoms with Crippen LogP contribution in [0.1, 0.15) is 50.4 Å². The number of hydrogen-bond donors (Lipinski definition) is 2. The fourth-order valence-corrected chi connectivity index (χ4v) is 4.21. The molecule has 0 radical (unpaired) electrons. The number of aromatic amines is 1. The van der Waals surface area contributed by atoms with Crippen LogP contribution in [0.5, 0.6) is 0 Å². The number of amides is 2. The number of pyridine rings is 1. The van der Waals surface area contributed by atoms with Gasteiger partial charge in [0.25, 0.3) is 11.5 Å². The molecule has 3 heterocycles. The summed E-state index contributed by atoms with van der Waals surface area (Å²) < 4.78 is 5.46. The van der Waals surface area contributed by atoms with Crippen molar-refractivity contribution >= 4 is 23.3 Å². The van der Waals surface area contributed by atoms with Gasteiger partial charge in [-0.05, 0) is 69.5 Å². The summed E-state index contributed by atoms with van der Waals surface area (Å²) >= 11 is 1.53. The van der Waals surface area contributed by atoms with Gasteiger partial charge in [-0.15, -0.1) is 11.3 Å². The number of likely N-dealkylation sites (tertiary alicyclic amines) is 1. The molecule has 7 nitrogen and oxygen atoms in total. The lowest BCUT2D eigenvalue weighted by Crippen LogP contribution is -2.43. The molecule has 1 aliphatic rings. The molecular formula is C22H29N3O4S. The van der Waals surface area contributed by atoms with Crippen LogP contribution in [-0.2, 0) is 4.74 Å². The fourth-order valence-electron chi connectivity index (χ4n) is 3.51. The Morgan fingerprint density at radius 1 is 1.30 bits per heavy atom. The highest BCUT2D eigenvalue weighted by Crippen LogP contribution is 2.22. The highest BCUT2D eigenvalue weighted by molar-refractivity contribution is 7.13. The van der Waals surface area contributed by atoms with Crippen LogP contribution in [0.3, 0.4) is 0 Å². The number of H-pyrrole nitrogens is 1. The molecule has 0 aliphatic carbocycles. The molecule has 1 fully saturated rings. The maximum atomic E-state index is 12.4. The number of piperidine rings is 1. The van der Waals surface area contributed by atoms with Gasteiger partial charge in [-0.2, -0.15) is 0 Å². The Bertz CT molecular complexity index is 931. The van der Waals surface area contributed by atoms with Gasteiger partial charge in [-0.3, -0.25) is 9.59 Å². The highest BCUT2D eigenvalue weighted by atomic mass is 32.1. The standard InChI is InChI=1S/C22H29N3O4S/c1-22(2,3)29-21(28)25-12-4-6-15(14-25)10-11-23-19(26)16-8-9-17(24-20(16)27)18-7-5-13-30-18/h5,7-9,13,15H,4,6,10-12,14H2,1-3H3,(H,23,26)(H,24,27). The van der Waals surface area contributed by atoms with Gasteiger partial charge in [0.2, 0.25) is 0 Å². The number of thiophene rings is 1. The van der Waals surface area contributed by atoms with Crippen LogP contribution in [0.2, 0.25) is 0 Å². The Morgan fingerprint density at radius 2 is 2.10 bits per heavy atom. The number of aromatic nitrogens is 1. The molecule has 2 aromatic heterocycles. The molecule has 2 N–H and O–H groups in total. The predicted molar refractivity (Wildman–Crippen MR) is 118 cm³/mol. The highest BCUT2D eigenvalue weighted by Gasteiger charge is 2.27. The third kappa shape index (κ3) is 5.95. The van der Waals surface area contributed by atoms with Crippen LogP contribution >= 0.6 is 11.3 Å². The van der Waals surface area contributed by atoms with Gasteiger partial charge in [0, 0.05) is 19.6 Å². The second-order valence-corrected chi connectivity index (χ2v) is 9.52. The summed E-state index contributed by atoms with van der Waals surface area (Å²) in [6.07, 6.45) is 2.39. The van der Waals surface area contributed by atoms with E-state index in [0.717, 1.165) is 24.1 Å². The van der Waals surface area contributed by atoms with Gasteiger partial charge in [-0.25, -0.2) is 4.79 Å². The van der Waals surface area contributed by atoms with Crippen LogP contribution in [0.15, 0.2) is 34.4 Å². The van der Waals surface area contributed by atoms with Crippen molar-refractivity contribution in [2.75, 3.05) is 19.6 Å². The van der Waals surface area contributed by atoms with Crippen molar-refractivity contribution in [2.24, 2.45) is 5.92 Å². The molecule has 1 unspecified atom stereocenters. The number of nitrogens with one attached hydrogen (secondary N) is 2. The minimum atomic E-state index is -0.510. The Morgan fingerprint density at radius 3 is 2.77 bits per heavy atom. The van der Waals surface area contributed by atoms with Crippen LogP contribution in [0.25, 0.3) is 10.6 Å². The summed E-state index contributed by atoms with van der Waals surface area (Å²) in [5.41, 5.74) is -0.0955. The molecule has 0 bridgehead atoms. The van der Waals surface area contributed by atoms with Crippen molar-refractivity contribution < 1.29 is 14.3 Å². The Labute approximate surface area is 180 Å². The molecule has 8 heteroatoms. The third-order valence-electron chi connectivity index (χ3n) is 4.95. The zero-order valence-corrected chi connectivity index (χ0v) is 18.5. The number of carbonyl (C=O) groups is 2. The first kappa shape index (κ1) is 22.1. The van der Waals surface area contributed by atoms with Gasteiger partial charge >= 0.3 is 6.09 Å². The van der Waals surface area contributed by atoms with Crippen molar-refractivity contribution in [3.63, 3.8) is 0 Å². The number of ether oxygens (including phenoxy) is 1. The predicted octanol–water partition coefficient (Wildman–Crippen LogP) is 3.87. The van der Waals surface area contributed by atoms with E-state index in [1.165, 1.54) is 11.3 Å². The van der Waals surface area contributed by atoms with Gasteiger partial charge < -0.3 is 19.9 Å². The topological polar surface area (TPSA) is 91.5 Å². The Hall–Kier alpha value is -2.61. The van der Waals surface area contributed by atoms with Crippen LogP contribution in [0.4, 0.5) is 4.79 Å². The number of rotatable bonds is 5. The molecule has 2 amide bonds. The third-order valence-corrected chi connectivity index (χ3v) is 5.85. The van der Waals surface area contributed by atoms with Gasteiger partial charge in [0.1, 0.15) is 11.2 Å². The van der Waals surface area contributed by atoms with Crippen molar-refractivity contribution in [2.45, 2.75) is 45.6 Å². The van der Waals surface area contributed by atoms with E-state index in [-0.39, 0.29) is 17.6 Å². The van der Waals surface area contributed by atoms with E-state index in [0.29, 0.717) is 31.2 Å². The summed E-state index contributed by atoms with van der Waals surface area (Å²) in [5.74, 6) is -0.0835. The molecular weight excluding hydrogens is 402 g/mol. The SMILES string of the molecule is CC(C)(C)OC(=O)N1CCCC(CCNC(=O)c2ccc(-c3cccs3)[nH]c2=O)C1. The lowest BCUT2D eigenvalue weighted by Gasteiger charge is -2.34. The molecule has 1 atom stereocenters. The molecule has 0 spiro atoms. The van der Waals surface area contributed by atoms with Crippen molar-refractivity contribution in [3.8, 4) is 10.6 Å². The average molecular weight is 432 g/mol. The first-order chi connectivity index (χ1) is 14.2.